The largest absolute Gasteiger partial charge is 0.465 e. The van der Waals surface area contributed by atoms with Crippen molar-refractivity contribution < 1.29 is 9.53 Å². The summed E-state index contributed by atoms with van der Waals surface area (Å²) in [5.74, 6) is 0.680. The maximum absolute atomic E-state index is 12.5. The van der Waals surface area contributed by atoms with Crippen molar-refractivity contribution in [2.75, 3.05) is 6.61 Å². The molecule has 0 aromatic rings. The van der Waals surface area contributed by atoms with Gasteiger partial charge >= 0.3 is 5.97 Å². The maximum Gasteiger partial charge on any atom is 0.308 e. The van der Waals surface area contributed by atoms with Gasteiger partial charge in [0, 0.05) is 0 Å². The highest BCUT2D eigenvalue weighted by atomic mass is 16.5. The van der Waals surface area contributed by atoms with Gasteiger partial charge in [0.05, 0.1) is 12.5 Å². The van der Waals surface area contributed by atoms with Crippen molar-refractivity contribution in [3.8, 4) is 0 Å². The minimum Gasteiger partial charge on any atom is -0.465 e. The Kier molecular flexibility index (Phi) is 23.7. The van der Waals surface area contributed by atoms with Crippen LogP contribution >= 0.6 is 0 Å². The zero-order valence-electron chi connectivity index (χ0n) is 22.0. The first-order chi connectivity index (χ1) is 15.2. The van der Waals surface area contributed by atoms with Crippen LogP contribution in [0, 0.1) is 11.8 Å². The highest BCUT2D eigenvalue weighted by Gasteiger charge is 2.17. The first-order valence-corrected chi connectivity index (χ1v) is 14.3. The van der Waals surface area contributed by atoms with Gasteiger partial charge in [0.1, 0.15) is 0 Å². The van der Waals surface area contributed by atoms with E-state index in [1.165, 1.54) is 128 Å². The molecule has 0 saturated heterocycles. The van der Waals surface area contributed by atoms with Gasteiger partial charge in [-0.05, 0) is 25.2 Å². The fraction of sp³-hybridized carbons (Fsp3) is 0.966. The second kappa shape index (κ2) is 24.1. The maximum atomic E-state index is 12.5. The van der Waals surface area contributed by atoms with Gasteiger partial charge in [-0.2, -0.15) is 0 Å². The smallest absolute Gasteiger partial charge is 0.308 e. The van der Waals surface area contributed by atoms with Crippen LogP contribution in [0.15, 0.2) is 0 Å². The lowest BCUT2D eigenvalue weighted by Gasteiger charge is -2.19. The molecule has 0 aliphatic heterocycles. The Bertz CT molecular complexity index is 366. The number of carbonyl (C=O) groups is 1. The molecule has 0 aliphatic carbocycles. The van der Waals surface area contributed by atoms with E-state index in [2.05, 4.69) is 27.7 Å². The summed E-state index contributed by atoms with van der Waals surface area (Å²) in [5, 5.41) is 0. The highest BCUT2D eigenvalue weighted by molar-refractivity contribution is 5.71. The van der Waals surface area contributed by atoms with E-state index < -0.39 is 0 Å². The van der Waals surface area contributed by atoms with Gasteiger partial charge < -0.3 is 4.74 Å². The van der Waals surface area contributed by atoms with Crippen molar-refractivity contribution in [3.63, 3.8) is 0 Å². The summed E-state index contributed by atoms with van der Waals surface area (Å²) in [7, 11) is 0. The number of rotatable bonds is 24. The molecule has 2 atom stereocenters. The highest BCUT2D eigenvalue weighted by Crippen LogP contribution is 2.20. The van der Waals surface area contributed by atoms with Crippen LogP contribution in [0.25, 0.3) is 0 Å². The van der Waals surface area contributed by atoms with Crippen molar-refractivity contribution >= 4 is 5.97 Å². The first kappa shape index (κ1) is 30.5. The Hall–Kier alpha value is -0.530. The Balaban J connectivity index is 3.87. The number of hydrogen-bond donors (Lipinski definition) is 0. The lowest BCUT2D eigenvalue weighted by atomic mass is 9.95. The normalized spacial score (nSPS) is 13.3. The first-order valence-electron chi connectivity index (χ1n) is 14.3. The molecule has 31 heavy (non-hydrogen) atoms. The molecule has 2 unspecified atom stereocenters. The van der Waals surface area contributed by atoms with Gasteiger partial charge in [0.15, 0.2) is 0 Å². The van der Waals surface area contributed by atoms with Crippen LogP contribution in [-0.2, 0) is 9.53 Å². The minimum atomic E-state index is 0.0439. The van der Waals surface area contributed by atoms with E-state index in [9.17, 15) is 4.79 Å². The molecule has 0 radical (unpaired) electrons. The SMILES string of the molecule is CCCCCCCCCCCCC(C)C(=O)OCC(CCCCC)CCCCCCC. The second-order valence-electron chi connectivity index (χ2n) is 10.1. The molecule has 0 fully saturated rings. The summed E-state index contributed by atoms with van der Waals surface area (Å²) in [5.41, 5.74) is 0. The zero-order valence-corrected chi connectivity index (χ0v) is 22.0. The topological polar surface area (TPSA) is 26.3 Å². The van der Waals surface area contributed by atoms with Crippen LogP contribution < -0.4 is 0 Å². The number of esters is 1. The van der Waals surface area contributed by atoms with Gasteiger partial charge in [-0.1, -0.05) is 143 Å². The van der Waals surface area contributed by atoms with E-state index in [4.69, 9.17) is 4.74 Å². The van der Waals surface area contributed by atoms with Crippen LogP contribution in [0.5, 0.6) is 0 Å². The summed E-state index contributed by atoms with van der Waals surface area (Å²) in [6.45, 7) is 9.52. The summed E-state index contributed by atoms with van der Waals surface area (Å²) in [6, 6.07) is 0. The monoisotopic (exact) mass is 438 g/mol. The number of ether oxygens (including phenoxy) is 1. The van der Waals surface area contributed by atoms with Crippen molar-refractivity contribution in [1.82, 2.24) is 0 Å². The predicted octanol–water partition coefficient (Wildman–Crippen LogP) is 10.0. The molecule has 2 nitrogen and oxygen atoms in total. The van der Waals surface area contributed by atoms with Crippen LogP contribution in [0.4, 0.5) is 0 Å². The predicted molar refractivity (Wildman–Crippen MR) is 138 cm³/mol. The number of carbonyl (C=O) groups excluding carboxylic acids is 1. The van der Waals surface area contributed by atoms with Crippen molar-refractivity contribution in [3.05, 3.63) is 0 Å². The van der Waals surface area contributed by atoms with Gasteiger partial charge in [0.25, 0.3) is 0 Å². The molecule has 0 N–H and O–H groups in total. The summed E-state index contributed by atoms with van der Waals surface area (Å²) < 4.78 is 5.78. The van der Waals surface area contributed by atoms with Crippen molar-refractivity contribution in [2.24, 2.45) is 11.8 Å². The third-order valence-electron chi connectivity index (χ3n) is 6.79. The van der Waals surface area contributed by atoms with Crippen LogP contribution in [-0.4, -0.2) is 12.6 Å². The lowest BCUT2D eigenvalue weighted by molar-refractivity contribution is -0.149. The van der Waals surface area contributed by atoms with Crippen molar-refractivity contribution in [2.45, 2.75) is 163 Å². The molecular weight excluding hydrogens is 380 g/mol. The van der Waals surface area contributed by atoms with E-state index in [0.717, 1.165) is 6.42 Å². The fourth-order valence-corrected chi connectivity index (χ4v) is 4.43. The summed E-state index contributed by atoms with van der Waals surface area (Å²) in [4.78, 5) is 12.5. The van der Waals surface area contributed by atoms with Gasteiger partial charge in [-0.25, -0.2) is 0 Å². The molecule has 0 bridgehead atoms. The summed E-state index contributed by atoms with van der Waals surface area (Å²) in [6.07, 6.45) is 27.4. The molecular formula is C29H58O2. The third kappa shape index (κ3) is 21.1. The molecule has 0 saturated carbocycles. The lowest BCUT2D eigenvalue weighted by Crippen LogP contribution is -2.19. The molecule has 186 valence electrons. The van der Waals surface area contributed by atoms with Crippen molar-refractivity contribution in [1.29, 1.82) is 0 Å². The molecule has 0 aromatic carbocycles. The second-order valence-corrected chi connectivity index (χ2v) is 10.1. The molecule has 0 aromatic heterocycles. The van der Waals surface area contributed by atoms with Gasteiger partial charge in [0.2, 0.25) is 0 Å². The average molecular weight is 439 g/mol. The van der Waals surface area contributed by atoms with Crippen LogP contribution in [0.1, 0.15) is 163 Å². The number of unbranched alkanes of at least 4 members (excludes halogenated alkanes) is 15. The van der Waals surface area contributed by atoms with E-state index in [0.29, 0.717) is 12.5 Å². The molecule has 0 aliphatic rings. The third-order valence-corrected chi connectivity index (χ3v) is 6.79. The quantitative estimate of drug-likeness (QED) is 0.111. The Morgan fingerprint density at radius 1 is 0.548 bits per heavy atom. The van der Waals surface area contributed by atoms with Gasteiger partial charge in [-0.3, -0.25) is 4.79 Å². The molecule has 0 amide bonds. The van der Waals surface area contributed by atoms with Crippen LogP contribution in [0.3, 0.4) is 0 Å². The molecule has 0 heterocycles. The zero-order chi connectivity index (χ0) is 23.0. The minimum absolute atomic E-state index is 0.0439. The van der Waals surface area contributed by atoms with Gasteiger partial charge in [-0.15, -0.1) is 0 Å². The van der Waals surface area contributed by atoms with E-state index >= 15 is 0 Å². The van der Waals surface area contributed by atoms with E-state index in [1.54, 1.807) is 0 Å². The van der Waals surface area contributed by atoms with E-state index in [-0.39, 0.29) is 11.9 Å². The molecule has 0 spiro atoms. The Labute approximate surface area is 196 Å². The number of hydrogen-bond acceptors (Lipinski definition) is 2. The average Bonchev–Trinajstić information content (AvgIpc) is 2.77. The Morgan fingerprint density at radius 3 is 1.39 bits per heavy atom. The summed E-state index contributed by atoms with van der Waals surface area (Å²) >= 11 is 0. The molecule has 0 rings (SSSR count). The Morgan fingerprint density at radius 2 is 0.903 bits per heavy atom. The standard InChI is InChI=1S/C29H58O2/c1-5-8-11-13-14-15-16-17-19-21-23-27(4)29(30)31-26-28(24-20-10-7-3)25-22-18-12-9-6-2/h27-28H,5-26H2,1-4H3. The fourth-order valence-electron chi connectivity index (χ4n) is 4.43. The van der Waals surface area contributed by atoms with Crippen LogP contribution in [0.2, 0.25) is 0 Å². The van der Waals surface area contributed by atoms with E-state index in [1.807, 2.05) is 0 Å². The molecule has 2 heteroatoms.